The van der Waals surface area contributed by atoms with Crippen molar-refractivity contribution in [3.8, 4) is 0 Å². The van der Waals surface area contributed by atoms with E-state index in [4.69, 9.17) is 5.73 Å². The molecule has 3 nitrogen and oxygen atoms in total. The Bertz CT molecular complexity index is 434. The highest BCUT2D eigenvalue weighted by Gasteiger charge is 2.16. The molecule has 1 aromatic carbocycles. The van der Waals surface area contributed by atoms with Crippen LogP contribution in [-0.2, 0) is 4.79 Å². The Morgan fingerprint density at radius 2 is 1.95 bits per heavy atom. The molecule has 3 heteroatoms. The molecular formula is C16H24N2O. The first-order valence-corrected chi connectivity index (χ1v) is 7.31. The van der Waals surface area contributed by atoms with E-state index in [0.717, 1.165) is 11.3 Å². The molecule has 0 aromatic heterocycles. The molecule has 0 atom stereocenters. The monoisotopic (exact) mass is 260 g/mol. The predicted octanol–water partition coefficient (Wildman–Crippen LogP) is 3.88. The molecule has 1 aliphatic carbocycles. The standard InChI is InChI=1S/C16H24N2O/c1-12-8-9-14(17)15(10-12)18-16(19)11-13-6-4-2-3-5-7-13/h8-10,13H,2-7,11,17H2,1H3,(H,18,19). The maximum absolute atomic E-state index is 12.1. The summed E-state index contributed by atoms with van der Waals surface area (Å²) in [6.07, 6.45) is 8.20. The molecule has 1 fully saturated rings. The van der Waals surface area contributed by atoms with Crippen molar-refractivity contribution in [2.75, 3.05) is 11.1 Å². The van der Waals surface area contributed by atoms with Crippen molar-refractivity contribution in [1.29, 1.82) is 0 Å². The quantitative estimate of drug-likeness (QED) is 0.640. The summed E-state index contributed by atoms with van der Waals surface area (Å²) in [5, 5.41) is 2.95. The van der Waals surface area contributed by atoms with Crippen LogP contribution >= 0.6 is 0 Å². The molecule has 19 heavy (non-hydrogen) atoms. The van der Waals surface area contributed by atoms with Crippen molar-refractivity contribution in [2.45, 2.75) is 51.9 Å². The van der Waals surface area contributed by atoms with Gasteiger partial charge in [0.1, 0.15) is 0 Å². The third-order valence-electron chi connectivity index (χ3n) is 3.93. The van der Waals surface area contributed by atoms with Gasteiger partial charge in [-0.25, -0.2) is 0 Å². The summed E-state index contributed by atoms with van der Waals surface area (Å²) >= 11 is 0. The summed E-state index contributed by atoms with van der Waals surface area (Å²) in [5.41, 5.74) is 8.38. The van der Waals surface area contributed by atoms with Gasteiger partial charge in [-0.1, -0.05) is 31.7 Å². The van der Waals surface area contributed by atoms with Crippen molar-refractivity contribution >= 4 is 17.3 Å². The number of amides is 1. The van der Waals surface area contributed by atoms with Crippen molar-refractivity contribution in [3.63, 3.8) is 0 Å². The van der Waals surface area contributed by atoms with Gasteiger partial charge in [-0.2, -0.15) is 0 Å². The first-order valence-electron chi connectivity index (χ1n) is 7.31. The van der Waals surface area contributed by atoms with Gasteiger partial charge in [0.25, 0.3) is 0 Å². The van der Waals surface area contributed by atoms with Gasteiger partial charge in [-0.15, -0.1) is 0 Å². The number of nitrogens with two attached hydrogens (primary N) is 1. The molecule has 0 heterocycles. The lowest BCUT2D eigenvalue weighted by Crippen LogP contribution is -2.17. The average molecular weight is 260 g/mol. The minimum absolute atomic E-state index is 0.101. The van der Waals surface area contributed by atoms with E-state index in [1.54, 1.807) is 0 Å². The van der Waals surface area contributed by atoms with Gasteiger partial charge in [-0.05, 0) is 43.4 Å². The second-order valence-electron chi connectivity index (χ2n) is 5.70. The Morgan fingerprint density at radius 1 is 1.26 bits per heavy atom. The van der Waals surface area contributed by atoms with Gasteiger partial charge < -0.3 is 11.1 Å². The Balaban J connectivity index is 1.91. The molecule has 1 aromatic rings. The van der Waals surface area contributed by atoms with Crippen LogP contribution in [0.4, 0.5) is 11.4 Å². The summed E-state index contributed by atoms with van der Waals surface area (Å²) in [7, 11) is 0. The summed E-state index contributed by atoms with van der Waals surface area (Å²) in [6, 6.07) is 5.73. The minimum Gasteiger partial charge on any atom is -0.397 e. The molecule has 1 saturated carbocycles. The molecule has 0 aliphatic heterocycles. The van der Waals surface area contributed by atoms with Gasteiger partial charge >= 0.3 is 0 Å². The molecule has 0 spiro atoms. The van der Waals surface area contributed by atoms with Crippen molar-refractivity contribution in [1.82, 2.24) is 0 Å². The highest BCUT2D eigenvalue weighted by atomic mass is 16.1. The van der Waals surface area contributed by atoms with Gasteiger partial charge in [0.2, 0.25) is 5.91 Å². The minimum atomic E-state index is 0.101. The van der Waals surface area contributed by atoms with E-state index < -0.39 is 0 Å². The molecule has 1 aliphatic rings. The number of nitrogen functional groups attached to an aromatic ring is 1. The van der Waals surface area contributed by atoms with Crippen molar-refractivity contribution in [2.24, 2.45) is 5.92 Å². The average Bonchev–Trinajstić information content (AvgIpc) is 2.62. The van der Waals surface area contributed by atoms with Crippen LogP contribution in [0.2, 0.25) is 0 Å². The smallest absolute Gasteiger partial charge is 0.224 e. The molecule has 104 valence electrons. The lowest BCUT2D eigenvalue weighted by Gasteiger charge is -2.14. The zero-order valence-corrected chi connectivity index (χ0v) is 11.7. The summed E-state index contributed by atoms with van der Waals surface area (Å²) in [4.78, 5) is 12.1. The number of rotatable bonds is 3. The summed E-state index contributed by atoms with van der Waals surface area (Å²) in [6.45, 7) is 2.00. The van der Waals surface area contributed by atoms with Crippen LogP contribution in [0.5, 0.6) is 0 Å². The fourth-order valence-corrected chi connectivity index (χ4v) is 2.81. The van der Waals surface area contributed by atoms with E-state index in [0.29, 0.717) is 18.0 Å². The first kappa shape index (κ1) is 13.9. The van der Waals surface area contributed by atoms with Gasteiger partial charge in [0.15, 0.2) is 0 Å². The summed E-state index contributed by atoms with van der Waals surface area (Å²) in [5.74, 6) is 0.651. The molecule has 0 saturated heterocycles. The van der Waals surface area contributed by atoms with Crippen LogP contribution in [0.1, 0.15) is 50.5 Å². The number of aryl methyl sites for hydroxylation is 1. The van der Waals surface area contributed by atoms with Gasteiger partial charge in [0.05, 0.1) is 11.4 Å². The molecule has 0 radical (unpaired) electrons. The third-order valence-corrected chi connectivity index (χ3v) is 3.93. The largest absolute Gasteiger partial charge is 0.397 e. The van der Waals surface area contributed by atoms with Gasteiger partial charge in [-0.3, -0.25) is 4.79 Å². The zero-order valence-electron chi connectivity index (χ0n) is 11.7. The number of carbonyl (C=O) groups excluding carboxylic acids is 1. The number of hydrogen-bond donors (Lipinski definition) is 2. The Labute approximate surface area is 115 Å². The molecule has 2 rings (SSSR count). The lowest BCUT2D eigenvalue weighted by molar-refractivity contribution is -0.117. The predicted molar refractivity (Wildman–Crippen MR) is 80.0 cm³/mol. The molecule has 3 N–H and O–H groups in total. The Morgan fingerprint density at radius 3 is 2.63 bits per heavy atom. The Hall–Kier alpha value is -1.51. The summed E-state index contributed by atoms with van der Waals surface area (Å²) < 4.78 is 0. The van der Waals surface area contributed by atoms with Crippen molar-refractivity contribution in [3.05, 3.63) is 23.8 Å². The number of carbonyl (C=O) groups is 1. The van der Waals surface area contributed by atoms with E-state index in [1.165, 1.54) is 38.5 Å². The Kier molecular flexibility index (Phi) is 4.83. The van der Waals surface area contributed by atoms with Crippen LogP contribution in [0.15, 0.2) is 18.2 Å². The van der Waals surface area contributed by atoms with Crippen LogP contribution in [0.3, 0.4) is 0 Å². The van der Waals surface area contributed by atoms with E-state index >= 15 is 0 Å². The molecule has 1 amide bonds. The maximum Gasteiger partial charge on any atom is 0.224 e. The first-order chi connectivity index (χ1) is 9.15. The number of nitrogens with one attached hydrogen (secondary N) is 1. The van der Waals surface area contributed by atoms with Crippen molar-refractivity contribution < 1.29 is 4.79 Å². The van der Waals surface area contributed by atoms with E-state index in [1.807, 2.05) is 25.1 Å². The van der Waals surface area contributed by atoms with E-state index in [9.17, 15) is 4.79 Å². The normalized spacial score (nSPS) is 16.9. The van der Waals surface area contributed by atoms with Gasteiger partial charge in [0, 0.05) is 6.42 Å². The zero-order chi connectivity index (χ0) is 13.7. The highest BCUT2D eigenvalue weighted by molar-refractivity contribution is 5.94. The highest BCUT2D eigenvalue weighted by Crippen LogP contribution is 2.26. The fraction of sp³-hybridized carbons (Fsp3) is 0.562. The number of benzene rings is 1. The second kappa shape index (κ2) is 6.60. The fourth-order valence-electron chi connectivity index (χ4n) is 2.81. The van der Waals surface area contributed by atoms with Crippen LogP contribution in [0.25, 0.3) is 0 Å². The third kappa shape index (κ3) is 4.27. The molecule has 0 unspecified atom stereocenters. The molecule has 0 bridgehead atoms. The lowest BCUT2D eigenvalue weighted by atomic mass is 9.96. The van der Waals surface area contributed by atoms with Crippen LogP contribution in [-0.4, -0.2) is 5.91 Å². The topological polar surface area (TPSA) is 55.1 Å². The number of hydrogen-bond acceptors (Lipinski definition) is 2. The van der Waals surface area contributed by atoms with E-state index in [-0.39, 0.29) is 5.91 Å². The van der Waals surface area contributed by atoms with Crippen LogP contribution in [0, 0.1) is 12.8 Å². The SMILES string of the molecule is Cc1ccc(N)c(NC(=O)CC2CCCCCC2)c1. The maximum atomic E-state index is 12.1. The number of anilines is 2. The second-order valence-corrected chi connectivity index (χ2v) is 5.70. The van der Waals surface area contributed by atoms with Crippen LogP contribution < -0.4 is 11.1 Å². The molecular weight excluding hydrogens is 236 g/mol. The van der Waals surface area contributed by atoms with E-state index in [2.05, 4.69) is 5.32 Å².